The minimum Gasteiger partial charge on any atom is -0.356 e. The SMILES string of the molecule is C1=CC(c2ccccc2)CC=C1N(c1ccc(-c2ccccc2)cc1)c1ccc(-c2ccc(Nc3ccc(-c4ccccc4)cc3)cc2)cc1. The average molecular weight is 643 g/mol. The van der Waals surface area contributed by atoms with E-state index in [1.54, 1.807) is 0 Å². The van der Waals surface area contributed by atoms with Gasteiger partial charge < -0.3 is 10.2 Å². The summed E-state index contributed by atoms with van der Waals surface area (Å²) in [6.45, 7) is 0. The molecule has 8 rings (SSSR count). The number of benzene rings is 7. The first-order valence-electron chi connectivity index (χ1n) is 17.3. The lowest BCUT2D eigenvalue weighted by Crippen LogP contribution is -2.17. The van der Waals surface area contributed by atoms with Crippen LogP contribution in [0.15, 0.2) is 212 Å². The minimum atomic E-state index is 0.385. The van der Waals surface area contributed by atoms with E-state index in [0.29, 0.717) is 5.92 Å². The van der Waals surface area contributed by atoms with Gasteiger partial charge in [-0.25, -0.2) is 0 Å². The van der Waals surface area contributed by atoms with Gasteiger partial charge in [0.05, 0.1) is 0 Å². The molecule has 7 aromatic carbocycles. The minimum absolute atomic E-state index is 0.385. The van der Waals surface area contributed by atoms with Crippen LogP contribution in [0.25, 0.3) is 33.4 Å². The van der Waals surface area contributed by atoms with E-state index in [2.05, 4.69) is 210 Å². The van der Waals surface area contributed by atoms with Crippen molar-refractivity contribution < 1.29 is 0 Å². The van der Waals surface area contributed by atoms with Crippen molar-refractivity contribution in [3.05, 3.63) is 218 Å². The molecule has 0 saturated heterocycles. The highest BCUT2D eigenvalue weighted by Crippen LogP contribution is 2.37. The topological polar surface area (TPSA) is 15.3 Å². The molecule has 2 heteroatoms. The molecule has 0 saturated carbocycles. The third kappa shape index (κ3) is 6.92. The summed E-state index contributed by atoms with van der Waals surface area (Å²) < 4.78 is 0. The van der Waals surface area contributed by atoms with Crippen molar-refractivity contribution >= 4 is 22.7 Å². The van der Waals surface area contributed by atoms with Gasteiger partial charge in [-0.15, -0.1) is 0 Å². The van der Waals surface area contributed by atoms with Crippen LogP contribution in [-0.4, -0.2) is 0 Å². The first-order valence-corrected chi connectivity index (χ1v) is 17.3. The number of nitrogens with one attached hydrogen (secondary N) is 1. The van der Waals surface area contributed by atoms with Gasteiger partial charge in [-0.1, -0.05) is 152 Å². The van der Waals surface area contributed by atoms with Gasteiger partial charge in [0, 0.05) is 34.4 Å². The lowest BCUT2D eigenvalue weighted by molar-refractivity contribution is 0.840. The Kier molecular flexibility index (Phi) is 8.90. The molecule has 2 nitrogen and oxygen atoms in total. The van der Waals surface area contributed by atoms with Crippen molar-refractivity contribution in [2.45, 2.75) is 12.3 Å². The van der Waals surface area contributed by atoms with E-state index in [1.165, 1.54) is 44.6 Å². The number of nitrogens with zero attached hydrogens (tertiary/aromatic N) is 1. The van der Waals surface area contributed by atoms with Crippen LogP contribution in [0.3, 0.4) is 0 Å². The quantitative estimate of drug-likeness (QED) is 0.169. The molecule has 0 aromatic heterocycles. The van der Waals surface area contributed by atoms with E-state index in [4.69, 9.17) is 0 Å². The van der Waals surface area contributed by atoms with Crippen molar-refractivity contribution in [1.82, 2.24) is 0 Å². The number of rotatable bonds is 9. The predicted molar refractivity (Wildman–Crippen MR) is 212 cm³/mol. The molecule has 0 aliphatic heterocycles. The smallest absolute Gasteiger partial charge is 0.0461 e. The summed E-state index contributed by atoms with van der Waals surface area (Å²) in [5, 5.41) is 3.55. The van der Waals surface area contributed by atoms with Gasteiger partial charge in [-0.3, -0.25) is 0 Å². The van der Waals surface area contributed by atoms with Crippen LogP contribution in [0.2, 0.25) is 0 Å². The van der Waals surface area contributed by atoms with Gasteiger partial charge >= 0.3 is 0 Å². The Bertz CT molecular complexity index is 2200. The predicted octanol–water partition coefficient (Wildman–Crippen LogP) is 13.2. The second-order valence-corrected chi connectivity index (χ2v) is 12.7. The molecule has 1 atom stereocenters. The monoisotopic (exact) mass is 642 g/mol. The molecule has 0 bridgehead atoms. The standard InChI is InChI=1S/C48H38N2/c1-4-10-36(11-5-1)39-16-26-44(27-17-39)49-45-28-18-40(19-29-45)43-24-34-48(35-25-43)50(46-30-20-41(21-31-46)37-12-6-2-7-13-37)47-32-22-42(23-33-47)38-14-8-3-9-15-38/h1-22,24-35,42,49H,23H2. The number of hydrogen-bond donors (Lipinski definition) is 1. The molecule has 0 fully saturated rings. The Morgan fingerprint density at radius 2 is 0.780 bits per heavy atom. The Morgan fingerprint density at radius 3 is 1.18 bits per heavy atom. The summed E-state index contributed by atoms with van der Waals surface area (Å²) in [6.07, 6.45) is 7.96. The molecule has 1 aliphatic rings. The molecule has 0 radical (unpaired) electrons. The summed E-state index contributed by atoms with van der Waals surface area (Å²) in [7, 11) is 0. The second-order valence-electron chi connectivity index (χ2n) is 12.7. The third-order valence-electron chi connectivity index (χ3n) is 9.42. The summed E-state index contributed by atoms with van der Waals surface area (Å²) in [6, 6.07) is 66.9. The molecule has 7 aromatic rings. The summed E-state index contributed by atoms with van der Waals surface area (Å²) in [5.41, 5.74) is 14.2. The zero-order valence-corrected chi connectivity index (χ0v) is 27.9. The van der Waals surface area contributed by atoms with Gasteiger partial charge in [-0.2, -0.15) is 0 Å². The van der Waals surface area contributed by atoms with Crippen LogP contribution >= 0.6 is 0 Å². The molecule has 50 heavy (non-hydrogen) atoms. The molecular weight excluding hydrogens is 605 g/mol. The zero-order valence-electron chi connectivity index (χ0n) is 27.9. The Balaban J connectivity index is 1.02. The summed E-state index contributed by atoms with van der Waals surface area (Å²) >= 11 is 0. The van der Waals surface area contributed by atoms with E-state index in [0.717, 1.165) is 29.2 Å². The lowest BCUT2D eigenvalue weighted by Gasteiger charge is -2.29. The van der Waals surface area contributed by atoms with Crippen LogP contribution in [0.4, 0.5) is 22.7 Å². The van der Waals surface area contributed by atoms with Gasteiger partial charge in [0.15, 0.2) is 0 Å². The molecule has 0 spiro atoms. The Hall–Kier alpha value is -6.38. The molecule has 1 unspecified atom stereocenters. The van der Waals surface area contributed by atoms with E-state index in [9.17, 15) is 0 Å². The molecule has 0 heterocycles. The van der Waals surface area contributed by atoms with E-state index in [-0.39, 0.29) is 0 Å². The van der Waals surface area contributed by atoms with E-state index in [1.807, 2.05) is 6.07 Å². The van der Waals surface area contributed by atoms with Gasteiger partial charge in [0.25, 0.3) is 0 Å². The molecule has 1 aliphatic carbocycles. The van der Waals surface area contributed by atoms with Crippen LogP contribution in [0.1, 0.15) is 17.9 Å². The molecule has 240 valence electrons. The fraction of sp³-hybridized carbons (Fsp3) is 0.0417. The fourth-order valence-corrected chi connectivity index (χ4v) is 6.70. The van der Waals surface area contributed by atoms with Crippen LogP contribution in [-0.2, 0) is 0 Å². The van der Waals surface area contributed by atoms with E-state index >= 15 is 0 Å². The second kappa shape index (κ2) is 14.4. The summed E-state index contributed by atoms with van der Waals surface area (Å²) in [4.78, 5) is 2.37. The lowest BCUT2D eigenvalue weighted by atomic mass is 9.91. The van der Waals surface area contributed by atoms with E-state index < -0.39 is 0 Å². The normalized spacial score (nSPS) is 13.8. The molecule has 0 amide bonds. The van der Waals surface area contributed by atoms with Gasteiger partial charge in [0.2, 0.25) is 0 Å². The van der Waals surface area contributed by atoms with Crippen molar-refractivity contribution in [3.63, 3.8) is 0 Å². The van der Waals surface area contributed by atoms with Crippen LogP contribution in [0.5, 0.6) is 0 Å². The van der Waals surface area contributed by atoms with Crippen LogP contribution in [0, 0.1) is 0 Å². The highest BCUT2D eigenvalue weighted by molar-refractivity contribution is 5.77. The highest BCUT2D eigenvalue weighted by atomic mass is 15.1. The largest absolute Gasteiger partial charge is 0.356 e. The van der Waals surface area contributed by atoms with Crippen molar-refractivity contribution in [2.75, 3.05) is 10.2 Å². The first kappa shape index (κ1) is 30.9. The third-order valence-corrected chi connectivity index (χ3v) is 9.42. The number of anilines is 4. The summed E-state index contributed by atoms with van der Waals surface area (Å²) in [5.74, 6) is 0.385. The van der Waals surface area contributed by atoms with Gasteiger partial charge in [-0.05, 0) is 100.0 Å². The van der Waals surface area contributed by atoms with Crippen molar-refractivity contribution in [2.24, 2.45) is 0 Å². The Labute approximate surface area is 295 Å². The fourth-order valence-electron chi connectivity index (χ4n) is 6.70. The maximum absolute atomic E-state index is 3.55. The number of hydrogen-bond acceptors (Lipinski definition) is 2. The first-order chi connectivity index (χ1) is 24.8. The molecule has 1 N–H and O–H groups in total. The van der Waals surface area contributed by atoms with Crippen molar-refractivity contribution in [3.8, 4) is 33.4 Å². The number of allylic oxidation sites excluding steroid dienone is 3. The molecular formula is C48H38N2. The zero-order chi connectivity index (χ0) is 33.5. The maximum atomic E-state index is 3.55. The van der Waals surface area contributed by atoms with Gasteiger partial charge in [0.1, 0.15) is 0 Å². The van der Waals surface area contributed by atoms with Crippen LogP contribution < -0.4 is 10.2 Å². The maximum Gasteiger partial charge on any atom is 0.0461 e. The Morgan fingerprint density at radius 1 is 0.400 bits per heavy atom. The average Bonchev–Trinajstić information content (AvgIpc) is 3.20. The van der Waals surface area contributed by atoms with Crippen molar-refractivity contribution in [1.29, 1.82) is 0 Å². The highest BCUT2D eigenvalue weighted by Gasteiger charge is 2.18.